The molecule has 1 unspecified atom stereocenters. The molecule has 0 aromatic heterocycles. The first kappa shape index (κ1) is 13.6. The first-order chi connectivity index (χ1) is 7.67. The van der Waals surface area contributed by atoms with Crippen LogP contribution >= 0.6 is 11.8 Å². The highest BCUT2D eigenvalue weighted by atomic mass is 32.2. The Kier molecular flexibility index (Phi) is 5.93. The summed E-state index contributed by atoms with van der Waals surface area (Å²) in [4.78, 5) is 3.66. The lowest BCUT2D eigenvalue weighted by molar-refractivity contribution is 0.313. The van der Waals surface area contributed by atoms with E-state index in [1.807, 2.05) is 17.8 Å². The molecule has 1 nitrogen and oxygen atoms in total. The summed E-state index contributed by atoms with van der Waals surface area (Å²) in [5.74, 6) is 0. The maximum atomic E-state index is 3.77. The topological polar surface area (TPSA) is 3.24 Å². The summed E-state index contributed by atoms with van der Waals surface area (Å²) in [6.07, 6.45) is 11.2. The van der Waals surface area contributed by atoms with E-state index >= 15 is 0 Å². The van der Waals surface area contributed by atoms with Gasteiger partial charge in [0.25, 0.3) is 0 Å². The van der Waals surface area contributed by atoms with Gasteiger partial charge in [-0.1, -0.05) is 31.7 Å². The highest BCUT2D eigenvalue weighted by molar-refractivity contribution is 8.04. The standard InChI is InChI=1S/C14H23NS/c1-5-7-13(16-14-10-11-14)9-8-12(3)15(4)6-2/h5,7-9,12,14H,1,6,10-11H2,2-4H3/b9-8-,13-7+. The molecule has 0 aromatic rings. The Bertz CT molecular complexity index is 276. The Morgan fingerprint density at radius 3 is 2.75 bits per heavy atom. The molecule has 0 aliphatic heterocycles. The maximum Gasteiger partial charge on any atom is 0.0250 e. The fourth-order valence-electron chi connectivity index (χ4n) is 1.30. The van der Waals surface area contributed by atoms with E-state index in [0.29, 0.717) is 6.04 Å². The minimum Gasteiger partial charge on any atom is -0.301 e. The summed E-state index contributed by atoms with van der Waals surface area (Å²) in [6.45, 7) is 9.27. The Morgan fingerprint density at radius 1 is 1.56 bits per heavy atom. The summed E-state index contributed by atoms with van der Waals surface area (Å²) in [5.41, 5.74) is 0. The Morgan fingerprint density at radius 2 is 2.25 bits per heavy atom. The van der Waals surface area contributed by atoms with E-state index in [0.717, 1.165) is 11.8 Å². The predicted molar refractivity (Wildman–Crippen MR) is 75.8 cm³/mol. The number of rotatable bonds is 7. The molecule has 1 atom stereocenters. The SMILES string of the molecule is C=C/C=C(\C=C/C(C)N(C)CC)SC1CC1. The lowest BCUT2D eigenvalue weighted by atomic mass is 10.2. The molecule has 0 radical (unpaired) electrons. The van der Waals surface area contributed by atoms with E-state index < -0.39 is 0 Å². The van der Waals surface area contributed by atoms with E-state index in [2.05, 4.69) is 50.6 Å². The fraction of sp³-hybridized carbons (Fsp3) is 0.571. The van der Waals surface area contributed by atoms with Gasteiger partial charge in [0, 0.05) is 16.2 Å². The van der Waals surface area contributed by atoms with Crippen molar-refractivity contribution < 1.29 is 0 Å². The zero-order valence-corrected chi connectivity index (χ0v) is 11.5. The molecule has 0 heterocycles. The third-order valence-corrected chi connectivity index (χ3v) is 4.19. The Balaban J connectivity index is 2.49. The van der Waals surface area contributed by atoms with E-state index in [4.69, 9.17) is 0 Å². The first-order valence-corrected chi connectivity index (χ1v) is 6.93. The molecule has 90 valence electrons. The van der Waals surface area contributed by atoms with Crippen LogP contribution in [0.25, 0.3) is 0 Å². The van der Waals surface area contributed by atoms with E-state index in [9.17, 15) is 0 Å². The van der Waals surface area contributed by atoms with Crippen molar-refractivity contribution >= 4 is 11.8 Å². The van der Waals surface area contributed by atoms with Crippen LogP contribution in [0.3, 0.4) is 0 Å². The molecule has 0 bridgehead atoms. The maximum absolute atomic E-state index is 3.77. The molecule has 1 saturated carbocycles. The molecule has 0 N–H and O–H groups in total. The minimum atomic E-state index is 0.498. The third-order valence-electron chi connectivity index (χ3n) is 2.84. The molecule has 16 heavy (non-hydrogen) atoms. The van der Waals surface area contributed by atoms with Crippen molar-refractivity contribution in [2.45, 2.75) is 38.0 Å². The van der Waals surface area contributed by atoms with E-state index in [1.165, 1.54) is 17.7 Å². The van der Waals surface area contributed by atoms with Gasteiger partial charge in [-0.25, -0.2) is 0 Å². The van der Waals surface area contributed by atoms with Crippen molar-refractivity contribution in [3.63, 3.8) is 0 Å². The van der Waals surface area contributed by atoms with Gasteiger partial charge in [0.2, 0.25) is 0 Å². The molecule has 0 amide bonds. The largest absolute Gasteiger partial charge is 0.301 e. The second kappa shape index (κ2) is 6.97. The van der Waals surface area contributed by atoms with Gasteiger partial charge in [0.15, 0.2) is 0 Å². The average Bonchev–Trinajstić information content (AvgIpc) is 3.08. The average molecular weight is 237 g/mol. The van der Waals surface area contributed by atoms with Gasteiger partial charge in [-0.15, -0.1) is 11.8 Å². The van der Waals surface area contributed by atoms with Crippen LogP contribution in [0.2, 0.25) is 0 Å². The van der Waals surface area contributed by atoms with Gasteiger partial charge < -0.3 is 4.90 Å². The van der Waals surface area contributed by atoms with Gasteiger partial charge in [-0.2, -0.15) is 0 Å². The molecule has 0 saturated heterocycles. The summed E-state index contributed by atoms with van der Waals surface area (Å²) in [7, 11) is 2.15. The summed E-state index contributed by atoms with van der Waals surface area (Å²) >= 11 is 1.98. The molecular weight excluding hydrogens is 214 g/mol. The van der Waals surface area contributed by atoms with Gasteiger partial charge in [-0.05, 0) is 39.4 Å². The molecule has 1 fully saturated rings. The number of likely N-dealkylation sites (N-methyl/N-ethyl adjacent to an activating group) is 1. The third kappa shape index (κ3) is 5.04. The van der Waals surface area contributed by atoms with Crippen LogP contribution in [0.1, 0.15) is 26.7 Å². The quantitative estimate of drug-likeness (QED) is 0.619. The number of nitrogens with zero attached hydrogens (tertiary/aromatic N) is 1. The zero-order chi connectivity index (χ0) is 12.0. The number of thioether (sulfide) groups is 1. The molecule has 1 rings (SSSR count). The molecule has 2 heteroatoms. The van der Waals surface area contributed by atoms with Crippen LogP contribution in [0.15, 0.2) is 35.8 Å². The number of hydrogen-bond donors (Lipinski definition) is 0. The molecule has 0 aromatic carbocycles. The number of allylic oxidation sites excluding steroid dienone is 3. The molecule has 0 spiro atoms. The summed E-state index contributed by atoms with van der Waals surface area (Å²) in [6, 6.07) is 0.498. The lowest BCUT2D eigenvalue weighted by Gasteiger charge is -2.19. The second-order valence-corrected chi connectivity index (χ2v) is 5.67. The smallest absolute Gasteiger partial charge is 0.0250 e. The first-order valence-electron chi connectivity index (χ1n) is 6.05. The number of hydrogen-bond acceptors (Lipinski definition) is 2. The second-order valence-electron chi connectivity index (χ2n) is 4.29. The summed E-state index contributed by atoms with van der Waals surface area (Å²) in [5, 5.41) is 0.857. The summed E-state index contributed by atoms with van der Waals surface area (Å²) < 4.78 is 0. The van der Waals surface area contributed by atoms with Crippen LogP contribution in [0, 0.1) is 0 Å². The van der Waals surface area contributed by atoms with Crippen LogP contribution in [-0.4, -0.2) is 29.8 Å². The molecule has 1 aliphatic rings. The zero-order valence-electron chi connectivity index (χ0n) is 10.6. The van der Waals surface area contributed by atoms with Gasteiger partial charge in [-0.3, -0.25) is 0 Å². The van der Waals surface area contributed by atoms with Crippen LogP contribution in [-0.2, 0) is 0 Å². The van der Waals surface area contributed by atoms with E-state index in [-0.39, 0.29) is 0 Å². The molecule has 1 aliphatic carbocycles. The minimum absolute atomic E-state index is 0.498. The van der Waals surface area contributed by atoms with Gasteiger partial charge in [0.1, 0.15) is 0 Å². The highest BCUT2D eigenvalue weighted by Crippen LogP contribution is 2.39. The van der Waals surface area contributed by atoms with E-state index in [1.54, 1.807) is 0 Å². The van der Waals surface area contributed by atoms with Crippen molar-refractivity contribution in [2.24, 2.45) is 0 Å². The lowest BCUT2D eigenvalue weighted by Crippen LogP contribution is -2.26. The van der Waals surface area contributed by atoms with Crippen LogP contribution in [0.5, 0.6) is 0 Å². The van der Waals surface area contributed by atoms with Crippen molar-refractivity contribution in [2.75, 3.05) is 13.6 Å². The van der Waals surface area contributed by atoms with Crippen molar-refractivity contribution in [1.29, 1.82) is 0 Å². The van der Waals surface area contributed by atoms with Gasteiger partial charge in [0.05, 0.1) is 0 Å². The highest BCUT2D eigenvalue weighted by Gasteiger charge is 2.22. The normalized spacial score (nSPS) is 19.4. The van der Waals surface area contributed by atoms with Crippen LogP contribution < -0.4 is 0 Å². The Labute approximate surface area is 104 Å². The fourth-order valence-corrected chi connectivity index (χ4v) is 2.39. The molecular formula is C14H23NS. The van der Waals surface area contributed by atoms with Crippen molar-refractivity contribution in [3.8, 4) is 0 Å². The predicted octanol–water partition coefficient (Wildman–Crippen LogP) is 3.85. The van der Waals surface area contributed by atoms with Crippen LogP contribution in [0.4, 0.5) is 0 Å². The Hall–Kier alpha value is -0.470. The van der Waals surface area contributed by atoms with Crippen molar-refractivity contribution in [3.05, 3.63) is 35.8 Å². The van der Waals surface area contributed by atoms with Crippen molar-refractivity contribution in [1.82, 2.24) is 4.90 Å². The monoisotopic (exact) mass is 237 g/mol. The van der Waals surface area contributed by atoms with Gasteiger partial charge >= 0.3 is 0 Å².